The zero-order valence-corrected chi connectivity index (χ0v) is 11.6. The molecule has 0 bridgehead atoms. The topological polar surface area (TPSA) is 28.2 Å². The number of anilines is 1. The molecule has 0 amide bonds. The molecule has 2 saturated heterocycles. The standard InChI is InChI=1S/C14H21N3.ClH/c1-2-8-16-13(3-1)17-11-6-14(7-12-17)4-9-15-10-5-14;/h1-3,8,15H,4-7,9-12H2;1H. The molecule has 3 heterocycles. The zero-order chi connectivity index (χ0) is 11.6. The van der Waals surface area contributed by atoms with Gasteiger partial charge in [0.05, 0.1) is 0 Å². The van der Waals surface area contributed by atoms with E-state index in [4.69, 9.17) is 0 Å². The van der Waals surface area contributed by atoms with Gasteiger partial charge in [0, 0.05) is 19.3 Å². The van der Waals surface area contributed by atoms with Gasteiger partial charge in [-0.25, -0.2) is 4.98 Å². The molecule has 18 heavy (non-hydrogen) atoms. The molecule has 3 rings (SSSR count). The van der Waals surface area contributed by atoms with Crippen molar-refractivity contribution < 1.29 is 0 Å². The predicted octanol–water partition coefficient (Wildman–Crippen LogP) is 2.47. The molecule has 0 atom stereocenters. The Balaban J connectivity index is 0.00000120. The summed E-state index contributed by atoms with van der Waals surface area (Å²) in [5.41, 5.74) is 0.635. The van der Waals surface area contributed by atoms with Crippen LogP contribution < -0.4 is 10.2 Å². The minimum Gasteiger partial charge on any atom is -0.357 e. The van der Waals surface area contributed by atoms with E-state index in [0.29, 0.717) is 5.41 Å². The normalized spacial score (nSPS) is 22.6. The van der Waals surface area contributed by atoms with Crippen LogP contribution in [0.3, 0.4) is 0 Å². The third kappa shape index (κ3) is 2.78. The second kappa shape index (κ2) is 5.89. The van der Waals surface area contributed by atoms with Crippen molar-refractivity contribution in [1.82, 2.24) is 10.3 Å². The minimum absolute atomic E-state index is 0. The first-order valence-corrected chi connectivity index (χ1v) is 6.75. The summed E-state index contributed by atoms with van der Waals surface area (Å²) in [5.74, 6) is 1.15. The highest BCUT2D eigenvalue weighted by molar-refractivity contribution is 5.85. The van der Waals surface area contributed by atoms with E-state index in [0.717, 1.165) is 5.82 Å². The predicted molar refractivity (Wildman–Crippen MR) is 77.5 cm³/mol. The molecule has 100 valence electrons. The lowest BCUT2D eigenvalue weighted by Gasteiger charge is -2.44. The highest BCUT2D eigenvalue weighted by Gasteiger charge is 2.35. The number of piperidine rings is 2. The van der Waals surface area contributed by atoms with Gasteiger partial charge in [-0.1, -0.05) is 6.07 Å². The van der Waals surface area contributed by atoms with Crippen LogP contribution in [0, 0.1) is 5.41 Å². The summed E-state index contributed by atoms with van der Waals surface area (Å²) < 4.78 is 0. The molecule has 0 radical (unpaired) electrons. The summed E-state index contributed by atoms with van der Waals surface area (Å²) in [5, 5.41) is 3.47. The van der Waals surface area contributed by atoms with Gasteiger partial charge in [-0.15, -0.1) is 12.4 Å². The molecule has 2 aliphatic rings. The van der Waals surface area contributed by atoms with Crippen LogP contribution in [0.4, 0.5) is 5.82 Å². The molecule has 1 spiro atoms. The number of aromatic nitrogens is 1. The Kier molecular flexibility index (Phi) is 4.46. The number of halogens is 1. The Hall–Kier alpha value is -0.800. The number of hydrogen-bond donors (Lipinski definition) is 1. The molecule has 3 nitrogen and oxygen atoms in total. The van der Waals surface area contributed by atoms with Crippen molar-refractivity contribution in [2.75, 3.05) is 31.1 Å². The molecule has 0 aliphatic carbocycles. The Morgan fingerprint density at radius 3 is 2.39 bits per heavy atom. The quantitative estimate of drug-likeness (QED) is 0.847. The van der Waals surface area contributed by atoms with E-state index in [1.54, 1.807) is 0 Å². The Labute approximate surface area is 115 Å². The molecule has 0 saturated carbocycles. The maximum Gasteiger partial charge on any atom is 0.128 e. The van der Waals surface area contributed by atoms with Crippen molar-refractivity contribution in [2.24, 2.45) is 5.41 Å². The van der Waals surface area contributed by atoms with Crippen molar-refractivity contribution >= 4 is 18.2 Å². The molecule has 4 heteroatoms. The largest absolute Gasteiger partial charge is 0.357 e. The van der Waals surface area contributed by atoms with Gasteiger partial charge in [0.25, 0.3) is 0 Å². The highest BCUT2D eigenvalue weighted by Crippen LogP contribution is 2.40. The van der Waals surface area contributed by atoms with E-state index in [1.165, 1.54) is 51.9 Å². The van der Waals surface area contributed by atoms with Crippen LogP contribution in [0.25, 0.3) is 0 Å². The van der Waals surface area contributed by atoms with Crippen molar-refractivity contribution in [3.63, 3.8) is 0 Å². The van der Waals surface area contributed by atoms with Gasteiger partial charge in [0.15, 0.2) is 0 Å². The van der Waals surface area contributed by atoms with Crippen molar-refractivity contribution in [2.45, 2.75) is 25.7 Å². The van der Waals surface area contributed by atoms with Gasteiger partial charge in [-0.05, 0) is 56.3 Å². The molecule has 1 N–H and O–H groups in total. The fourth-order valence-corrected chi connectivity index (χ4v) is 3.21. The second-order valence-electron chi connectivity index (χ2n) is 5.42. The Bertz CT molecular complexity index is 353. The van der Waals surface area contributed by atoms with Gasteiger partial charge in [-0.3, -0.25) is 0 Å². The van der Waals surface area contributed by atoms with Crippen LogP contribution >= 0.6 is 12.4 Å². The van der Waals surface area contributed by atoms with E-state index >= 15 is 0 Å². The third-order valence-electron chi connectivity index (χ3n) is 4.46. The number of hydrogen-bond acceptors (Lipinski definition) is 3. The van der Waals surface area contributed by atoms with Crippen molar-refractivity contribution in [1.29, 1.82) is 0 Å². The van der Waals surface area contributed by atoms with Gasteiger partial charge in [0.2, 0.25) is 0 Å². The maximum atomic E-state index is 4.45. The first kappa shape index (κ1) is 13.6. The van der Waals surface area contributed by atoms with E-state index in [2.05, 4.69) is 27.3 Å². The van der Waals surface area contributed by atoms with Crippen LogP contribution in [0.5, 0.6) is 0 Å². The smallest absolute Gasteiger partial charge is 0.128 e. The molecule has 1 aromatic rings. The van der Waals surface area contributed by atoms with Crippen LogP contribution in [-0.4, -0.2) is 31.2 Å². The molecule has 2 fully saturated rings. The second-order valence-corrected chi connectivity index (χ2v) is 5.42. The van der Waals surface area contributed by atoms with Crippen LogP contribution in [-0.2, 0) is 0 Å². The average Bonchev–Trinajstić information content (AvgIpc) is 2.42. The van der Waals surface area contributed by atoms with Crippen LogP contribution in [0.1, 0.15) is 25.7 Å². The monoisotopic (exact) mass is 267 g/mol. The van der Waals surface area contributed by atoms with Gasteiger partial charge < -0.3 is 10.2 Å². The van der Waals surface area contributed by atoms with Crippen molar-refractivity contribution in [3.05, 3.63) is 24.4 Å². The summed E-state index contributed by atoms with van der Waals surface area (Å²) in [6.45, 7) is 4.78. The summed E-state index contributed by atoms with van der Waals surface area (Å²) in [7, 11) is 0. The first-order chi connectivity index (χ1) is 8.38. The minimum atomic E-state index is 0. The number of nitrogens with one attached hydrogen (secondary N) is 1. The van der Waals surface area contributed by atoms with Crippen LogP contribution in [0.2, 0.25) is 0 Å². The SMILES string of the molecule is Cl.c1ccc(N2CCC3(CCNCC3)CC2)nc1. The maximum absolute atomic E-state index is 4.45. The number of rotatable bonds is 1. The van der Waals surface area contributed by atoms with E-state index in [9.17, 15) is 0 Å². The van der Waals surface area contributed by atoms with Gasteiger partial charge in [0.1, 0.15) is 5.82 Å². The lowest BCUT2D eigenvalue weighted by atomic mass is 9.71. The Morgan fingerprint density at radius 1 is 1.06 bits per heavy atom. The Morgan fingerprint density at radius 2 is 1.78 bits per heavy atom. The number of nitrogens with zero attached hydrogens (tertiary/aromatic N) is 2. The van der Waals surface area contributed by atoms with Gasteiger partial charge >= 0.3 is 0 Å². The summed E-state index contributed by atoms with van der Waals surface area (Å²) in [4.78, 5) is 6.89. The van der Waals surface area contributed by atoms with Gasteiger partial charge in [-0.2, -0.15) is 0 Å². The number of pyridine rings is 1. The van der Waals surface area contributed by atoms with E-state index in [-0.39, 0.29) is 12.4 Å². The molecule has 1 aromatic heterocycles. The molecule has 2 aliphatic heterocycles. The zero-order valence-electron chi connectivity index (χ0n) is 10.8. The first-order valence-electron chi connectivity index (χ1n) is 6.75. The van der Waals surface area contributed by atoms with E-state index in [1.807, 2.05) is 12.3 Å². The lowest BCUT2D eigenvalue weighted by Crippen LogP contribution is -2.45. The summed E-state index contributed by atoms with van der Waals surface area (Å²) in [6, 6.07) is 6.19. The molecular formula is C14H22ClN3. The average molecular weight is 268 g/mol. The summed E-state index contributed by atoms with van der Waals surface area (Å²) >= 11 is 0. The van der Waals surface area contributed by atoms with Crippen molar-refractivity contribution in [3.8, 4) is 0 Å². The third-order valence-corrected chi connectivity index (χ3v) is 4.46. The molecule has 0 unspecified atom stereocenters. The molecular weight excluding hydrogens is 246 g/mol. The lowest BCUT2D eigenvalue weighted by molar-refractivity contribution is 0.154. The fraction of sp³-hybridized carbons (Fsp3) is 0.643. The summed E-state index contributed by atoms with van der Waals surface area (Å²) in [6.07, 6.45) is 7.30. The highest BCUT2D eigenvalue weighted by atomic mass is 35.5. The van der Waals surface area contributed by atoms with Crippen LogP contribution in [0.15, 0.2) is 24.4 Å². The van der Waals surface area contributed by atoms with E-state index < -0.39 is 0 Å². The molecule has 0 aromatic carbocycles. The fourth-order valence-electron chi connectivity index (χ4n) is 3.21.